The normalized spacial score (nSPS) is 17.1. The Hall–Kier alpha value is -1.11. The van der Waals surface area contributed by atoms with Crippen molar-refractivity contribution in [1.82, 2.24) is 9.62 Å². The molecule has 0 amide bonds. The number of nitrogens with one attached hydrogen (secondary N) is 1. The van der Waals surface area contributed by atoms with Crippen LogP contribution in [0.2, 0.25) is 0 Å². The largest absolute Gasteiger partial charge is 0.369 e. The lowest BCUT2D eigenvalue weighted by Gasteiger charge is -2.34. The highest BCUT2D eigenvalue weighted by Crippen LogP contribution is 2.17. The van der Waals surface area contributed by atoms with Crippen molar-refractivity contribution in [3.63, 3.8) is 0 Å². The van der Waals surface area contributed by atoms with E-state index in [2.05, 4.69) is 33.7 Å². The predicted molar refractivity (Wildman–Crippen MR) is 87.1 cm³/mol. The zero-order valence-corrected chi connectivity index (χ0v) is 13.7. The molecule has 0 saturated carbocycles. The quantitative estimate of drug-likeness (QED) is 0.859. The molecule has 1 fully saturated rings. The predicted octanol–water partition coefficient (Wildman–Crippen LogP) is 1.27. The molecule has 2 rings (SSSR count). The Balaban J connectivity index is 1.90. The van der Waals surface area contributed by atoms with Crippen molar-refractivity contribution in [2.75, 3.05) is 43.9 Å². The van der Waals surface area contributed by atoms with Crippen LogP contribution in [0.25, 0.3) is 0 Å². The van der Waals surface area contributed by atoms with Crippen molar-refractivity contribution in [2.24, 2.45) is 0 Å². The first-order valence-corrected chi connectivity index (χ1v) is 9.15. The van der Waals surface area contributed by atoms with E-state index < -0.39 is 10.0 Å². The molecule has 0 radical (unpaired) electrons. The summed E-state index contributed by atoms with van der Waals surface area (Å²) in [6.07, 6.45) is 0.637. The van der Waals surface area contributed by atoms with Gasteiger partial charge in [-0.05, 0) is 31.2 Å². The Morgan fingerprint density at radius 3 is 2.29 bits per heavy atom. The van der Waals surface area contributed by atoms with E-state index in [1.807, 2.05) is 19.1 Å². The maximum absolute atomic E-state index is 11.6. The second kappa shape index (κ2) is 7.24. The Morgan fingerprint density at radius 2 is 1.71 bits per heavy atom. The summed E-state index contributed by atoms with van der Waals surface area (Å²) in [7, 11) is -0.991. The van der Waals surface area contributed by atoms with Crippen LogP contribution in [0.4, 0.5) is 5.69 Å². The minimum absolute atomic E-state index is 0.187. The minimum atomic E-state index is -3.13. The van der Waals surface area contributed by atoms with E-state index in [1.54, 1.807) is 0 Å². The van der Waals surface area contributed by atoms with Crippen LogP contribution in [0.1, 0.15) is 18.9 Å². The average Bonchev–Trinajstić information content (AvgIpc) is 2.47. The van der Waals surface area contributed by atoms with Crippen LogP contribution >= 0.6 is 0 Å². The van der Waals surface area contributed by atoms with Gasteiger partial charge in [0.1, 0.15) is 0 Å². The van der Waals surface area contributed by atoms with Crippen molar-refractivity contribution in [3.8, 4) is 0 Å². The summed E-state index contributed by atoms with van der Waals surface area (Å²) in [5.41, 5.74) is 2.20. The molecule has 118 valence electrons. The first-order chi connectivity index (χ1) is 10.00. The highest BCUT2D eigenvalue weighted by molar-refractivity contribution is 7.89. The molecular formula is C15H25N3O2S. The van der Waals surface area contributed by atoms with Crippen LogP contribution in [-0.4, -0.2) is 52.3 Å². The number of sulfonamides is 1. The molecule has 0 aromatic heterocycles. The number of piperazine rings is 1. The number of rotatable bonds is 6. The Kier molecular flexibility index (Phi) is 5.61. The summed E-state index contributed by atoms with van der Waals surface area (Å²) < 4.78 is 25.9. The second-order valence-corrected chi connectivity index (χ2v) is 7.52. The van der Waals surface area contributed by atoms with Gasteiger partial charge in [0.25, 0.3) is 0 Å². The fourth-order valence-electron chi connectivity index (χ4n) is 2.42. The topological polar surface area (TPSA) is 52.7 Å². The van der Waals surface area contributed by atoms with Gasteiger partial charge in [-0.1, -0.05) is 19.1 Å². The van der Waals surface area contributed by atoms with Gasteiger partial charge in [0.15, 0.2) is 0 Å². The third-order valence-electron chi connectivity index (χ3n) is 3.77. The molecule has 1 aliphatic rings. The standard InChI is InChI=1S/C15H25N3O2S/c1-3-12-21(19,20)16-13-14-4-6-15(7-5-14)18-10-8-17(2)9-11-18/h4-7,16H,3,8-13H2,1-2H3. The molecule has 6 heteroatoms. The maximum Gasteiger partial charge on any atom is 0.211 e. The van der Waals surface area contributed by atoms with Gasteiger partial charge in [-0.15, -0.1) is 0 Å². The first kappa shape index (κ1) is 16.3. The maximum atomic E-state index is 11.6. The van der Waals surface area contributed by atoms with Crippen molar-refractivity contribution < 1.29 is 8.42 Å². The summed E-state index contributed by atoms with van der Waals surface area (Å²) in [4.78, 5) is 4.69. The molecule has 1 heterocycles. The number of hydrogen-bond acceptors (Lipinski definition) is 4. The smallest absolute Gasteiger partial charge is 0.211 e. The van der Waals surface area contributed by atoms with Gasteiger partial charge in [0.05, 0.1) is 5.75 Å². The van der Waals surface area contributed by atoms with Gasteiger partial charge in [-0.2, -0.15) is 0 Å². The zero-order chi connectivity index (χ0) is 15.3. The van der Waals surface area contributed by atoms with Gasteiger partial charge in [-0.25, -0.2) is 13.1 Å². The van der Waals surface area contributed by atoms with E-state index >= 15 is 0 Å². The third-order valence-corrected chi connectivity index (χ3v) is 5.30. The molecule has 0 bridgehead atoms. The van der Waals surface area contributed by atoms with Gasteiger partial charge in [-0.3, -0.25) is 0 Å². The van der Waals surface area contributed by atoms with Crippen molar-refractivity contribution in [3.05, 3.63) is 29.8 Å². The lowest BCUT2D eigenvalue weighted by molar-refractivity contribution is 0.313. The summed E-state index contributed by atoms with van der Waals surface area (Å²) in [6.45, 7) is 6.48. The highest BCUT2D eigenvalue weighted by atomic mass is 32.2. The van der Waals surface area contributed by atoms with Crippen LogP contribution < -0.4 is 9.62 Å². The summed E-state index contributed by atoms with van der Waals surface area (Å²) in [5.74, 6) is 0.187. The molecule has 21 heavy (non-hydrogen) atoms. The highest BCUT2D eigenvalue weighted by Gasteiger charge is 2.14. The molecule has 1 N–H and O–H groups in total. The Bertz CT molecular complexity index is 535. The summed E-state index contributed by atoms with van der Waals surface area (Å²) in [5, 5.41) is 0. The zero-order valence-electron chi connectivity index (χ0n) is 12.9. The van der Waals surface area contributed by atoms with E-state index in [4.69, 9.17) is 0 Å². The summed E-state index contributed by atoms with van der Waals surface area (Å²) in [6, 6.07) is 8.16. The molecule has 5 nitrogen and oxygen atoms in total. The fourth-order valence-corrected chi connectivity index (χ4v) is 3.49. The number of anilines is 1. The Labute approximate surface area is 128 Å². The third kappa shape index (κ3) is 4.98. The monoisotopic (exact) mass is 311 g/mol. The number of benzene rings is 1. The van der Waals surface area contributed by atoms with Crippen molar-refractivity contribution in [1.29, 1.82) is 0 Å². The van der Waals surface area contributed by atoms with Gasteiger partial charge in [0.2, 0.25) is 10.0 Å². The number of nitrogens with zero attached hydrogens (tertiary/aromatic N) is 2. The fraction of sp³-hybridized carbons (Fsp3) is 0.600. The van der Waals surface area contributed by atoms with E-state index in [9.17, 15) is 8.42 Å². The van der Waals surface area contributed by atoms with E-state index in [0.29, 0.717) is 13.0 Å². The molecule has 0 aliphatic carbocycles. The molecule has 0 spiro atoms. The molecule has 1 aromatic carbocycles. The van der Waals surface area contributed by atoms with E-state index in [0.717, 1.165) is 31.7 Å². The van der Waals surface area contributed by atoms with Crippen molar-refractivity contribution in [2.45, 2.75) is 19.9 Å². The van der Waals surface area contributed by atoms with Gasteiger partial charge < -0.3 is 9.80 Å². The summed E-state index contributed by atoms with van der Waals surface area (Å²) >= 11 is 0. The van der Waals surface area contributed by atoms with Crippen LogP contribution in [0.3, 0.4) is 0 Å². The lowest BCUT2D eigenvalue weighted by Crippen LogP contribution is -2.44. The number of hydrogen-bond donors (Lipinski definition) is 1. The van der Waals surface area contributed by atoms with E-state index in [1.165, 1.54) is 5.69 Å². The van der Waals surface area contributed by atoms with E-state index in [-0.39, 0.29) is 5.75 Å². The SMILES string of the molecule is CCCS(=O)(=O)NCc1ccc(N2CCN(C)CC2)cc1. The van der Waals surface area contributed by atoms with Gasteiger partial charge >= 0.3 is 0 Å². The lowest BCUT2D eigenvalue weighted by atomic mass is 10.2. The van der Waals surface area contributed by atoms with Gasteiger partial charge in [0, 0.05) is 38.4 Å². The molecular weight excluding hydrogens is 286 g/mol. The Morgan fingerprint density at radius 1 is 1.10 bits per heavy atom. The molecule has 1 aromatic rings. The second-order valence-electron chi connectivity index (χ2n) is 5.60. The first-order valence-electron chi connectivity index (χ1n) is 7.50. The number of likely N-dealkylation sites (N-methyl/N-ethyl adjacent to an activating group) is 1. The molecule has 0 unspecified atom stereocenters. The minimum Gasteiger partial charge on any atom is -0.369 e. The van der Waals surface area contributed by atoms with Crippen molar-refractivity contribution >= 4 is 15.7 Å². The average molecular weight is 311 g/mol. The molecule has 1 saturated heterocycles. The molecule has 1 aliphatic heterocycles. The molecule has 0 atom stereocenters. The van der Waals surface area contributed by atoms with Crippen LogP contribution in [-0.2, 0) is 16.6 Å². The van der Waals surface area contributed by atoms with Crippen LogP contribution in [0.5, 0.6) is 0 Å². The van der Waals surface area contributed by atoms with Crippen LogP contribution in [0.15, 0.2) is 24.3 Å². The van der Waals surface area contributed by atoms with Crippen LogP contribution in [0, 0.1) is 0 Å².